The summed E-state index contributed by atoms with van der Waals surface area (Å²) in [6.07, 6.45) is 6.02. The van der Waals surface area contributed by atoms with Gasteiger partial charge in [0.05, 0.1) is 45.2 Å². The molecule has 4 rings (SSSR count). The van der Waals surface area contributed by atoms with Gasteiger partial charge < -0.3 is 19.7 Å². The number of hydrogen-bond acceptors (Lipinski definition) is 5. The lowest BCUT2D eigenvalue weighted by atomic mass is 10.1. The summed E-state index contributed by atoms with van der Waals surface area (Å²) in [6.45, 7) is 8.57. The van der Waals surface area contributed by atoms with Gasteiger partial charge >= 0.3 is 0 Å². The molecule has 1 N–H and O–H groups in total. The molecule has 2 fully saturated rings. The molecule has 224 valence electrons. The zero-order valence-electron chi connectivity index (χ0n) is 24.9. The van der Waals surface area contributed by atoms with Crippen LogP contribution in [0.4, 0.5) is 4.39 Å². The summed E-state index contributed by atoms with van der Waals surface area (Å²) < 4.78 is 26.2. The van der Waals surface area contributed by atoms with Gasteiger partial charge in [-0.3, -0.25) is 9.59 Å². The standard InChI is InChI=1S/C32H45FN4O4/c1-25-9-12-28(13-10-25)40-20-16-35(3)32(39)23-36-22-27(24-37(36)17-7-5-4-6-8-18-37)34-31(38)15-19-41-30-14-11-26(2)21-29(30)33/h9-14,21,27H,4-8,15-20,22-24H2,1-3H3/p+1. The third kappa shape index (κ3) is 8.91. The van der Waals surface area contributed by atoms with Crippen LogP contribution in [0, 0.1) is 19.7 Å². The van der Waals surface area contributed by atoms with Gasteiger partial charge in [-0.05, 0) is 69.4 Å². The Morgan fingerprint density at radius 3 is 2.37 bits per heavy atom. The van der Waals surface area contributed by atoms with E-state index in [4.69, 9.17) is 9.47 Å². The van der Waals surface area contributed by atoms with Crippen LogP contribution in [0.15, 0.2) is 42.5 Å². The predicted molar refractivity (Wildman–Crippen MR) is 157 cm³/mol. The lowest BCUT2D eigenvalue weighted by molar-refractivity contribution is -1.02. The van der Waals surface area contributed by atoms with Crippen LogP contribution >= 0.6 is 0 Å². The van der Waals surface area contributed by atoms with E-state index in [-0.39, 0.29) is 36.6 Å². The van der Waals surface area contributed by atoms with Crippen LogP contribution in [0.1, 0.15) is 49.7 Å². The summed E-state index contributed by atoms with van der Waals surface area (Å²) in [5.41, 5.74) is 2.00. The summed E-state index contributed by atoms with van der Waals surface area (Å²) in [5.74, 6) is 0.474. The van der Waals surface area contributed by atoms with Crippen LogP contribution < -0.4 is 14.8 Å². The van der Waals surface area contributed by atoms with Crippen molar-refractivity contribution < 1.29 is 28.0 Å². The minimum Gasteiger partial charge on any atom is -0.492 e. The zero-order valence-corrected chi connectivity index (χ0v) is 24.9. The molecule has 0 bridgehead atoms. The predicted octanol–water partition coefficient (Wildman–Crippen LogP) is 4.25. The molecule has 41 heavy (non-hydrogen) atoms. The number of benzene rings is 2. The van der Waals surface area contributed by atoms with Crippen molar-refractivity contribution in [2.45, 2.75) is 58.4 Å². The fourth-order valence-corrected chi connectivity index (χ4v) is 5.85. The number of nitrogens with zero attached hydrogens (tertiary/aromatic N) is 3. The quantitative estimate of drug-likeness (QED) is 0.410. The summed E-state index contributed by atoms with van der Waals surface area (Å²) in [4.78, 5) is 27.9. The zero-order chi connectivity index (χ0) is 29.2. The summed E-state index contributed by atoms with van der Waals surface area (Å²) in [7, 11) is 1.82. The Hall–Kier alpha value is -3.17. The molecule has 2 aliphatic heterocycles. The Balaban J connectivity index is 1.30. The highest BCUT2D eigenvalue weighted by Gasteiger charge is 2.46. The number of nitrogens with one attached hydrogen (secondary N) is 1. The second kappa shape index (κ2) is 14.6. The van der Waals surface area contributed by atoms with Crippen LogP contribution in [-0.4, -0.2) is 91.9 Å². The van der Waals surface area contributed by atoms with Gasteiger partial charge in [-0.25, -0.2) is 8.98 Å². The SMILES string of the molecule is Cc1ccc(OCCN(C)C(=O)CN2CC(NC(=O)CCOc3ccc(C)cc3F)C[N+]23CCCCCCC3)cc1. The van der Waals surface area contributed by atoms with Gasteiger partial charge in [-0.15, -0.1) is 5.01 Å². The largest absolute Gasteiger partial charge is 0.492 e. The number of ether oxygens (including phenoxy) is 2. The third-order valence-corrected chi connectivity index (χ3v) is 8.24. The molecule has 2 aromatic carbocycles. The maximum Gasteiger partial charge on any atom is 0.242 e. The molecule has 2 amide bonds. The monoisotopic (exact) mass is 569 g/mol. The normalized spacial score (nSPS) is 18.9. The van der Waals surface area contributed by atoms with Gasteiger partial charge in [0.2, 0.25) is 11.8 Å². The average Bonchev–Trinajstić information content (AvgIpc) is 3.25. The molecule has 1 unspecified atom stereocenters. The van der Waals surface area contributed by atoms with Gasteiger partial charge in [-0.1, -0.05) is 30.2 Å². The van der Waals surface area contributed by atoms with Crippen LogP contribution in [0.3, 0.4) is 0 Å². The van der Waals surface area contributed by atoms with Crippen LogP contribution in [0.5, 0.6) is 11.5 Å². The van der Waals surface area contributed by atoms with Crippen molar-refractivity contribution >= 4 is 11.8 Å². The minimum atomic E-state index is -0.420. The first-order valence-electron chi connectivity index (χ1n) is 15.0. The second-order valence-electron chi connectivity index (χ2n) is 11.6. The Morgan fingerprint density at radius 1 is 0.976 bits per heavy atom. The van der Waals surface area contributed by atoms with Crippen molar-refractivity contribution in [1.82, 2.24) is 15.2 Å². The maximum absolute atomic E-state index is 14.1. The van der Waals surface area contributed by atoms with E-state index >= 15 is 0 Å². The van der Waals surface area contributed by atoms with Crippen molar-refractivity contribution in [3.05, 3.63) is 59.4 Å². The van der Waals surface area contributed by atoms with Crippen LogP contribution in [0.2, 0.25) is 0 Å². The molecule has 0 radical (unpaired) electrons. The molecule has 1 spiro atoms. The third-order valence-electron chi connectivity index (χ3n) is 8.24. The summed E-state index contributed by atoms with van der Waals surface area (Å²) in [5, 5.41) is 5.44. The smallest absolute Gasteiger partial charge is 0.242 e. The van der Waals surface area contributed by atoms with Crippen molar-refractivity contribution in [1.29, 1.82) is 0 Å². The van der Waals surface area contributed by atoms with E-state index in [2.05, 4.69) is 10.3 Å². The molecule has 2 heterocycles. The fourth-order valence-electron chi connectivity index (χ4n) is 5.85. The summed E-state index contributed by atoms with van der Waals surface area (Å²) in [6, 6.07) is 12.7. The number of carbonyl (C=O) groups is 2. The number of quaternary nitrogens is 1. The maximum atomic E-state index is 14.1. The molecule has 2 aromatic rings. The first kappa shape index (κ1) is 30.8. The molecule has 2 saturated heterocycles. The number of hydrogen-bond donors (Lipinski definition) is 1. The molecular formula is C32H46FN4O4+. The number of halogens is 1. The van der Waals surface area contributed by atoms with Gasteiger partial charge in [0, 0.05) is 7.05 Å². The second-order valence-corrected chi connectivity index (χ2v) is 11.6. The van der Waals surface area contributed by atoms with E-state index in [1.54, 1.807) is 17.0 Å². The fraction of sp³-hybridized carbons (Fsp3) is 0.562. The van der Waals surface area contributed by atoms with Gasteiger partial charge in [0.25, 0.3) is 0 Å². The van der Waals surface area contributed by atoms with Gasteiger partial charge in [-0.2, -0.15) is 0 Å². The topological polar surface area (TPSA) is 71.1 Å². The Labute approximate surface area is 244 Å². The van der Waals surface area contributed by atoms with Crippen molar-refractivity contribution in [3.8, 4) is 11.5 Å². The van der Waals surface area contributed by atoms with Crippen LogP contribution in [-0.2, 0) is 9.59 Å². The van der Waals surface area contributed by atoms with Gasteiger partial charge in [0.1, 0.15) is 25.4 Å². The minimum absolute atomic E-state index is 0.0533. The molecule has 9 heteroatoms. The van der Waals surface area contributed by atoms with Crippen molar-refractivity contribution in [3.63, 3.8) is 0 Å². The van der Waals surface area contributed by atoms with E-state index in [0.717, 1.165) is 48.4 Å². The lowest BCUT2D eigenvalue weighted by Gasteiger charge is -2.42. The highest BCUT2D eigenvalue weighted by Crippen LogP contribution is 2.27. The first-order chi connectivity index (χ1) is 19.7. The van der Waals surface area contributed by atoms with Gasteiger partial charge in [0.15, 0.2) is 11.6 Å². The highest BCUT2D eigenvalue weighted by molar-refractivity contribution is 5.78. The van der Waals surface area contributed by atoms with E-state index in [1.165, 1.54) is 30.9 Å². The highest BCUT2D eigenvalue weighted by atomic mass is 19.1. The number of carbonyl (C=O) groups excluding carboxylic acids is 2. The van der Waals surface area contributed by atoms with Crippen LogP contribution in [0.25, 0.3) is 0 Å². The van der Waals surface area contributed by atoms with Crippen molar-refractivity contribution in [2.75, 3.05) is 59.5 Å². The van der Waals surface area contributed by atoms with E-state index in [1.807, 2.05) is 45.2 Å². The summed E-state index contributed by atoms with van der Waals surface area (Å²) >= 11 is 0. The number of aryl methyl sites for hydroxylation is 2. The van der Waals surface area contributed by atoms with E-state index in [9.17, 15) is 14.0 Å². The molecule has 1 atom stereocenters. The molecule has 0 saturated carbocycles. The molecule has 0 aromatic heterocycles. The number of rotatable bonds is 11. The Bertz CT molecular complexity index is 1150. The average molecular weight is 570 g/mol. The Morgan fingerprint density at radius 2 is 1.66 bits per heavy atom. The molecule has 2 aliphatic rings. The lowest BCUT2D eigenvalue weighted by Crippen LogP contribution is -2.59. The van der Waals surface area contributed by atoms with Crippen molar-refractivity contribution in [2.24, 2.45) is 0 Å². The van der Waals surface area contributed by atoms with E-state index in [0.29, 0.717) is 26.2 Å². The Kier molecular flexibility index (Phi) is 11.0. The van der Waals surface area contributed by atoms with E-state index < -0.39 is 5.82 Å². The molecule has 0 aliphatic carbocycles. The number of likely N-dealkylation sites (N-methyl/N-ethyl adjacent to an activating group) is 1. The first-order valence-corrected chi connectivity index (χ1v) is 15.0. The molecule has 8 nitrogen and oxygen atoms in total. The molecular weight excluding hydrogens is 523 g/mol. The number of amides is 2.